The fourth-order valence-corrected chi connectivity index (χ4v) is 3.81. The molecule has 0 amide bonds. The Morgan fingerprint density at radius 2 is 2.41 bits per heavy atom. The minimum absolute atomic E-state index is 0.141. The SMILES string of the molecule is CC1CC2=CC(C)(N)CC(CO[N+](=O)[O-])(C2)C1. The van der Waals surface area contributed by atoms with Crippen molar-refractivity contribution in [1.29, 1.82) is 0 Å². The number of hydrogen-bond acceptors (Lipinski definition) is 4. The zero-order chi connectivity index (χ0) is 12.7. The zero-order valence-corrected chi connectivity index (χ0v) is 10.4. The lowest BCUT2D eigenvalue weighted by atomic mass is 9.59. The van der Waals surface area contributed by atoms with Crippen LogP contribution in [-0.4, -0.2) is 17.2 Å². The number of nitrogens with zero attached hydrogens (tertiary/aromatic N) is 1. The van der Waals surface area contributed by atoms with E-state index in [1.54, 1.807) is 0 Å². The molecule has 2 bridgehead atoms. The predicted octanol–water partition coefficient (Wildman–Crippen LogP) is 2.05. The highest BCUT2D eigenvalue weighted by molar-refractivity contribution is 5.23. The fraction of sp³-hybridized carbons (Fsp3) is 0.833. The highest BCUT2D eigenvalue weighted by atomic mass is 16.9. The van der Waals surface area contributed by atoms with Gasteiger partial charge in [-0.1, -0.05) is 18.6 Å². The summed E-state index contributed by atoms with van der Waals surface area (Å²) in [6.45, 7) is 4.35. The van der Waals surface area contributed by atoms with Crippen molar-refractivity contribution in [1.82, 2.24) is 0 Å². The van der Waals surface area contributed by atoms with Gasteiger partial charge in [-0.2, -0.15) is 0 Å². The maximum absolute atomic E-state index is 10.4. The van der Waals surface area contributed by atoms with E-state index >= 15 is 0 Å². The highest BCUT2D eigenvalue weighted by Crippen LogP contribution is 2.50. The van der Waals surface area contributed by atoms with Crippen molar-refractivity contribution in [2.75, 3.05) is 6.61 Å². The van der Waals surface area contributed by atoms with E-state index in [4.69, 9.17) is 5.73 Å². The van der Waals surface area contributed by atoms with Crippen LogP contribution in [0.25, 0.3) is 0 Å². The van der Waals surface area contributed by atoms with E-state index in [1.165, 1.54) is 5.57 Å². The summed E-state index contributed by atoms with van der Waals surface area (Å²) >= 11 is 0. The summed E-state index contributed by atoms with van der Waals surface area (Å²) in [6.07, 6.45) is 5.84. The highest BCUT2D eigenvalue weighted by Gasteiger charge is 2.45. The van der Waals surface area contributed by atoms with E-state index in [1.807, 2.05) is 6.92 Å². The molecule has 2 aliphatic rings. The lowest BCUT2D eigenvalue weighted by Crippen LogP contribution is -2.49. The number of allylic oxidation sites excluding steroid dienone is 1. The van der Waals surface area contributed by atoms with Crippen LogP contribution in [0.1, 0.15) is 39.5 Å². The second kappa shape index (κ2) is 3.98. The number of rotatable bonds is 3. The smallest absolute Gasteiger partial charge is 0.294 e. The van der Waals surface area contributed by atoms with Gasteiger partial charge in [-0.05, 0) is 38.5 Å². The molecule has 17 heavy (non-hydrogen) atoms. The summed E-state index contributed by atoms with van der Waals surface area (Å²) in [4.78, 5) is 15.0. The normalized spacial score (nSPS) is 40.6. The van der Waals surface area contributed by atoms with E-state index in [0.29, 0.717) is 5.92 Å². The molecule has 0 radical (unpaired) electrons. The van der Waals surface area contributed by atoms with Crippen molar-refractivity contribution in [3.8, 4) is 0 Å². The standard InChI is InChI=1S/C12H20N2O3/c1-9-3-10-5-11(2,13)7-12(4-9,6-10)8-17-14(15)16/h5,9H,3-4,6-8,13H2,1-2H3. The molecular formula is C12H20N2O3. The van der Waals surface area contributed by atoms with Crippen LogP contribution in [0.3, 0.4) is 0 Å². The first-order chi connectivity index (χ1) is 7.80. The second-order valence-electron chi connectivity index (χ2n) is 6.17. The van der Waals surface area contributed by atoms with E-state index in [9.17, 15) is 10.1 Å². The van der Waals surface area contributed by atoms with Crippen molar-refractivity contribution < 1.29 is 9.92 Å². The van der Waals surface area contributed by atoms with Gasteiger partial charge in [0.25, 0.3) is 5.09 Å². The first-order valence-corrected chi connectivity index (χ1v) is 6.07. The summed E-state index contributed by atoms with van der Waals surface area (Å²) in [5.41, 5.74) is 7.05. The molecule has 3 unspecified atom stereocenters. The van der Waals surface area contributed by atoms with E-state index in [-0.39, 0.29) is 17.6 Å². The fourth-order valence-electron chi connectivity index (χ4n) is 3.81. The first-order valence-electron chi connectivity index (χ1n) is 6.07. The van der Waals surface area contributed by atoms with Crippen LogP contribution < -0.4 is 5.73 Å². The molecule has 5 nitrogen and oxygen atoms in total. The molecule has 0 aromatic rings. The lowest BCUT2D eigenvalue weighted by Gasteiger charge is -2.48. The van der Waals surface area contributed by atoms with Gasteiger partial charge in [-0.25, -0.2) is 0 Å². The quantitative estimate of drug-likeness (QED) is 0.465. The van der Waals surface area contributed by atoms with Gasteiger partial charge in [-0.3, -0.25) is 0 Å². The van der Waals surface area contributed by atoms with Crippen LogP contribution in [-0.2, 0) is 4.84 Å². The van der Waals surface area contributed by atoms with Gasteiger partial charge in [0.2, 0.25) is 0 Å². The Morgan fingerprint density at radius 3 is 3.06 bits per heavy atom. The summed E-state index contributed by atoms with van der Waals surface area (Å²) in [5.74, 6) is 0.557. The van der Waals surface area contributed by atoms with Crippen LogP contribution in [0.5, 0.6) is 0 Å². The molecule has 5 heteroatoms. The molecule has 1 saturated carbocycles. The second-order valence-corrected chi connectivity index (χ2v) is 6.17. The molecule has 1 fully saturated rings. The first kappa shape index (κ1) is 12.4. The summed E-state index contributed by atoms with van der Waals surface area (Å²) < 4.78 is 0. The maximum Gasteiger partial charge on any atom is 0.294 e. The van der Waals surface area contributed by atoms with Crippen LogP contribution in [0.2, 0.25) is 0 Å². The molecule has 3 atom stereocenters. The van der Waals surface area contributed by atoms with Crippen molar-refractivity contribution in [3.63, 3.8) is 0 Å². The van der Waals surface area contributed by atoms with Crippen molar-refractivity contribution >= 4 is 0 Å². The van der Waals surface area contributed by atoms with Crippen LogP contribution in [0.15, 0.2) is 11.6 Å². The average molecular weight is 240 g/mol. The molecule has 96 valence electrons. The largest absolute Gasteiger partial charge is 0.322 e. The third-order valence-electron chi connectivity index (χ3n) is 3.76. The molecule has 2 aliphatic carbocycles. The third-order valence-corrected chi connectivity index (χ3v) is 3.76. The van der Waals surface area contributed by atoms with Crippen molar-refractivity contribution in [2.45, 2.75) is 45.1 Å². The molecule has 0 heterocycles. The van der Waals surface area contributed by atoms with Gasteiger partial charge in [0.1, 0.15) is 6.61 Å². The van der Waals surface area contributed by atoms with E-state index < -0.39 is 5.09 Å². The Bertz CT molecular complexity index is 365. The molecule has 0 aromatic carbocycles. The minimum Gasteiger partial charge on any atom is -0.322 e. The average Bonchev–Trinajstić information content (AvgIpc) is 2.10. The predicted molar refractivity (Wildman–Crippen MR) is 63.7 cm³/mol. The minimum atomic E-state index is -0.695. The Morgan fingerprint density at radius 1 is 1.71 bits per heavy atom. The van der Waals surface area contributed by atoms with Gasteiger partial charge in [0, 0.05) is 11.0 Å². The molecule has 0 spiro atoms. The Kier molecular flexibility index (Phi) is 2.89. The van der Waals surface area contributed by atoms with Crippen LogP contribution in [0, 0.1) is 21.4 Å². The van der Waals surface area contributed by atoms with Crippen LogP contribution in [0.4, 0.5) is 0 Å². The van der Waals surface area contributed by atoms with Gasteiger partial charge >= 0.3 is 0 Å². The summed E-state index contributed by atoms with van der Waals surface area (Å²) in [6, 6.07) is 0. The molecule has 2 N–H and O–H groups in total. The molecule has 2 rings (SSSR count). The molecule has 0 saturated heterocycles. The Balaban J connectivity index is 2.20. The van der Waals surface area contributed by atoms with Gasteiger partial charge in [0.05, 0.1) is 0 Å². The topological polar surface area (TPSA) is 78.4 Å². The number of hydrogen-bond donors (Lipinski definition) is 1. The molecular weight excluding hydrogens is 220 g/mol. The van der Waals surface area contributed by atoms with Gasteiger partial charge < -0.3 is 10.6 Å². The number of nitrogens with two attached hydrogens (primary N) is 1. The monoisotopic (exact) mass is 240 g/mol. The molecule has 0 aliphatic heterocycles. The van der Waals surface area contributed by atoms with Gasteiger partial charge in [-0.15, -0.1) is 10.1 Å². The summed E-state index contributed by atoms with van der Waals surface area (Å²) in [7, 11) is 0. The maximum atomic E-state index is 10.4. The van der Waals surface area contributed by atoms with Crippen LogP contribution >= 0.6 is 0 Å². The third kappa shape index (κ3) is 2.77. The lowest BCUT2D eigenvalue weighted by molar-refractivity contribution is -0.761. The van der Waals surface area contributed by atoms with E-state index in [0.717, 1.165) is 25.7 Å². The summed E-state index contributed by atoms with van der Waals surface area (Å²) in [5, 5.41) is 9.69. The van der Waals surface area contributed by atoms with Crippen molar-refractivity contribution in [3.05, 3.63) is 21.8 Å². The Labute approximate surface area is 101 Å². The van der Waals surface area contributed by atoms with E-state index in [2.05, 4.69) is 17.8 Å². The molecule has 0 aromatic heterocycles. The van der Waals surface area contributed by atoms with Gasteiger partial charge in [0.15, 0.2) is 0 Å². The Hall–Kier alpha value is -1.10. The number of fused-ring (bicyclic) bond motifs is 2. The van der Waals surface area contributed by atoms with Crippen molar-refractivity contribution in [2.24, 2.45) is 17.1 Å². The zero-order valence-electron chi connectivity index (χ0n) is 10.4.